The molecule has 0 unspecified atom stereocenters. The summed E-state index contributed by atoms with van der Waals surface area (Å²) in [5.74, 6) is 5.04. The van der Waals surface area contributed by atoms with Crippen LogP contribution in [0.3, 0.4) is 0 Å². The molecule has 0 amide bonds. The SMILES string of the molecule is CCCCCCCOc1ccc2c(c1)-c1nc-2nc2[nH]c(nc3nc(nc4[nH]c(n1)c1ccc(OCCCCCCC)cc41)-c1cc4c(cc1-3)OCCOCCOCCOCCOCCO4)c1ccc(OCCCCCCC)cc21. The van der Waals surface area contributed by atoms with Crippen molar-refractivity contribution in [1.82, 2.24) is 39.9 Å². The maximum absolute atomic E-state index is 6.47. The fourth-order valence-electron chi connectivity index (χ4n) is 10.1. The first-order chi connectivity index (χ1) is 39.6. The number of unbranched alkanes of at least 4 members (excludes halogenated alkanes) is 12. The van der Waals surface area contributed by atoms with Gasteiger partial charge in [-0.3, -0.25) is 0 Å². The number of H-pyrrole nitrogens is 2. The van der Waals surface area contributed by atoms with Gasteiger partial charge in [-0.25, -0.2) is 29.9 Å². The third kappa shape index (κ3) is 14.5. The van der Waals surface area contributed by atoms with Gasteiger partial charge in [0.1, 0.15) is 53.1 Å². The Morgan fingerprint density at radius 3 is 1.09 bits per heavy atom. The van der Waals surface area contributed by atoms with Gasteiger partial charge in [-0.05, 0) is 86.0 Å². The first-order valence-corrected chi connectivity index (χ1v) is 29.4. The van der Waals surface area contributed by atoms with Crippen LogP contribution in [-0.2, 0) is 18.9 Å². The molecule has 6 heterocycles. The molecular weight excluding hydrogens is 1010 g/mol. The summed E-state index contributed by atoms with van der Waals surface area (Å²) < 4.78 is 55.3. The van der Waals surface area contributed by atoms with E-state index in [0.29, 0.717) is 141 Å². The average Bonchev–Trinajstić information content (AvgIpc) is 4.21. The predicted octanol–water partition coefficient (Wildman–Crippen LogP) is 13.8. The highest BCUT2D eigenvalue weighted by Gasteiger charge is 2.26. The standard InChI is InChI=1S/C63H78N8O9/c1-4-7-10-13-16-25-76-43-19-22-46-49(38-43)59-64-56(46)65-60-50-39-44(77-26-17-14-11-8-5-2)20-23-47(50)58(67-60)69-62-52-41-54-55(80-37-35-75-33-31-73-29-28-72-30-32-74-34-36-79-54)42-53(52)63(71-62)70-61-51-40-45(78-27-18-15-12-9-6-3)21-24-48(51)57(66-59)68-61/h19-24,38-42H,4-18,25-37H2,1-3H3,(H2,64,65,66,67,68,69,70,71). The van der Waals surface area contributed by atoms with Crippen molar-refractivity contribution >= 4 is 44.1 Å². The zero-order chi connectivity index (χ0) is 54.7. The zero-order valence-corrected chi connectivity index (χ0v) is 47.0. The number of benzene rings is 4. The number of fused-ring (bicyclic) bond motifs is 21. The van der Waals surface area contributed by atoms with Crippen molar-refractivity contribution in [2.24, 2.45) is 0 Å². The maximum Gasteiger partial charge on any atom is 0.164 e. The summed E-state index contributed by atoms with van der Waals surface area (Å²) >= 11 is 0. The van der Waals surface area contributed by atoms with Crippen LogP contribution in [-0.4, -0.2) is 126 Å². The second-order valence-corrected chi connectivity index (χ2v) is 20.5. The molecule has 424 valence electrons. The third-order valence-electron chi connectivity index (χ3n) is 14.4. The molecule has 0 fully saturated rings. The van der Waals surface area contributed by atoms with E-state index in [9.17, 15) is 0 Å². The summed E-state index contributed by atoms with van der Waals surface area (Å²) in [6, 6.07) is 22.0. The lowest BCUT2D eigenvalue weighted by atomic mass is 10.1. The number of nitrogens with one attached hydrogen (secondary N) is 2. The number of aromatic amines is 2. The van der Waals surface area contributed by atoms with E-state index < -0.39 is 0 Å². The average molecular weight is 1090 g/mol. The Labute approximate surface area is 468 Å². The van der Waals surface area contributed by atoms with Crippen LogP contribution in [0.2, 0.25) is 0 Å². The van der Waals surface area contributed by atoms with E-state index in [1.54, 1.807) is 0 Å². The smallest absolute Gasteiger partial charge is 0.164 e. The van der Waals surface area contributed by atoms with Crippen LogP contribution in [0.1, 0.15) is 117 Å². The van der Waals surface area contributed by atoms with Gasteiger partial charge in [0, 0.05) is 43.8 Å². The summed E-state index contributed by atoms with van der Waals surface area (Å²) in [7, 11) is 0. The highest BCUT2D eigenvalue weighted by Crippen LogP contribution is 2.43. The van der Waals surface area contributed by atoms with E-state index in [4.69, 9.17) is 72.5 Å². The number of aromatic nitrogens is 8. The number of hydrogen-bond acceptors (Lipinski definition) is 15. The summed E-state index contributed by atoms with van der Waals surface area (Å²) in [5.41, 5.74) is 5.25. The molecule has 0 spiro atoms. The summed E-state index contributed by atoms with van der Waals surface area (Å²) in [6.45, 7) is 12.4. The summed E-state index contributed by atoms with van der Waals surface area (Å²) in [6.07, 6.45) is 17.1. The van der Waals surface area contributed by atoms with Crippen molar-refractivity contribution in [2.45, 2.75) is 117 Å². The van der Waals surface area contributed by atoms with Crippen molar-refractivity contribution in [3.63, 3.8) is 0 Å². The number of nitrogens with zero attached hydrogens (tertiary/aromatic N) is 6. The number of hydrogen-bond donors (Lipinski definition) is 2. The Morgan fingerprint density at radius 2 is 0.675 bits per heavy atom. The molecule has 4 aromatic carbocycles. The van der Waals surface area contributed by atoms with Crippen molar-refractivity contribution in [1.29, 1.82) is 0 Å². The van der Waals surface area contributed by atoms with Crippen LogP contribution in [0.25, 0.3) is 89.7 Å². The van der Waals surface area contributed by atoms with Crippen molar-refractivity contribution in [2.75, 3.05) is 85.9 Å². The number of rotatable bonds is 21. The summed E-state index contributed by atoms with van der Waals surface area (Å²) in [5, 5.41) is 3.28. The van der Waals surface area contributed by atoms with Crippen LogP contribution in [0.15, 0.2) is 66.7 Å². The van der Waals surface area contributed by atoms with Crippen molar-refractivity contribution in [3.8, 4) is 74.3 Å². The Bertz CT molecular complexity index is 3320. The van der Waals surface area contributed by atoms with Gasteiger partial charge in [-0.2, -0.15) is 0 Å². The monoisotopic (exact) mass is 1090 g/mol. The topological polar surface area (TPSA) is 192 Å². The molecule has 17 heteroatoms. The van der Waals surface area contributed by atoms with E-state index in [1.807, 2.05) is 66.7 Å². The summed E-state index contributed by atoms with van der Waals surface area (Å²) in [4.78, 5) is 39.1. The molecule has 7 aromatic rings. The highest BCUT2D eigenvalue weighted by molar-refractivity contribution is 6.07. The second-order valence-electron chi connectivity index (χ2n) is 20.5. The fourth-order valence-corrected chi connectivity index (χ4v) is 10.1. The predicted molar refractivity (Wildman–Crippen MR) is 313 cm³/mol. The lowest BCUT2D eigenvalue weighted by molar-refractivity contribution is -0.00841. The molecule has 0 saturated carbocycles. The van der Waals surface area contributed by atoms with Crippen LogP contribution in [0.5, 0.6) is 28.7 Å². The molecule has 80 heavy (non-hydrogen) atoms. The van der Waals surface area contributed by atoms with Crippen LogP contribution in [0, 0.1) is 0 Å². The van der Waals surface area contributed by atoms with Gasteiger partial charge in [0.15, 0.2) is 34.8 Å². The largest absolute Gasteiger partial charge is 0.494 e. The first-order valence-electron chi connectivity index (χ1n) is 29.4. The van der Waals surface area contributed by atoms with Gasteiger partial charge < -0.3 is 52.6 Å². The molecule has 0 atom stereocenters. The molecule has 8 bridgehead atoms. The lowest BCUT2D eigenvalue weighted by Crippen LogP contribution is -2.16. The van der Waals surface area contributed by atoms with Gasteiger partial charge in [-0.15, -0.1) is 0 Å². The van der Waals surface area contributed by atoms with Gasteiger partial charge in [0.05, 0.1) is 72.7 Å². The minimum absolute atomic E-state index is 0.261. The van der Waals surface area contributed by atoms with Gasteiger partial charge in [-0.1, -0.05) is 97.8 Å². The highest BCUT2D eigenvalue weighted by atomic mass is 16.6. The van der Waals surface area contributed by atoms with Gasteiger partial charge >= 0.3 is 0 Å². The van der Waals surface area contributed by atoms with E-state index in [-0.39, 0.29) is 13.2 Å². The van der Waals surface area contributed by atoms with Crippen molar-refractivity contribution < 1.29 is 42.6 Å². The Morgan fingerprint density at radius 1 is 0.338 bits per heavy atom. The molecule has 0 radical (unpaired) electrons. The number of ether oxygens (including phenoxy) is 9. The second kappa shape index (κ2) is 29.0. The van der Waals surface area contributed by atoms with E-state index in [2.05, 4.69) is 30.7 Å². The van der Waals surface area contributed by atoms with Crippen LogP contribution in [0.4, 0.5) is 0 Å². The third-order valence-corrected chi connectivity index (χ3v) is 14.4. The molecule has 3 aliphatic rings. The fraction of sp³-hybridized carbons (Fsp3) is 0.492. The van der Waals surface area contributed by atoms with E-state index in [0.717, 1.165) is 88.4 Å². The minimum atomic E-state index is 0.261. The minimum Gasteiger partial charge on any atom is -0.494 e. The zero-order valence-electron chi connectivity index (χ0n) is 47.0. The molecular formula is C63H78N8O9. The van der Waals surface area contributed by atoms with Gasteiger partial charge in [0.25, 0.3) is 0 Å². The van der Waals surface area contributed by atoms with E-state index in [1.165, 1.54) is 57.8 Å². The van der Waals surface area contributed by atoms with Gasteiger partial charge in [0.2, 0.25) is 0 Å². The molecule has 0 saturated heterocycles. The Balaban J connectivity index is 1.14. The Hall–Kier alpha value is -6.92. The van der Waals surface area contributed by atoms with Crippen LogP contribution >= 0.6 is 0 Å². The molecule has 10 rings (SSSR count). The molecule has 0 aliphatic carbocycles. The quantitative estimate of drug-likeness (QED) is 0.0645. The molecule has 3 aliphatic heterocycles. The maximum atomic E-state index is 6.47. The molecule has 3 aromatic heterocycles. The molecule has 2 N–H and O–H groups in total. The van der Waals surface area contributed by atoms with Crippen molar-refractivity contribution in [3.05, 3.63) is 66.7 Å². The van der Waals surface area contributed by atoms with E-state index >= 15 is 0 Å². The van der Waals surface area contributed by atoms with Crippen LogP contribution < -0.4 is 23.7 Å². The molecule has 17 nitrogen and oxygen atoms in total. The Kier molecular flexibility index (Phi) is 20.4. The normalized spacial score (nSPS) is 14.3. The first kappa shape index (κ1) is 56.4. The lowest BCUT2D eigenvalue weighted by Gasteiger charge is -2.15.